The zero-order valence-corrected chi connectivity index (χ0v) is 17.5. The lowest BCUT2D eigenvalue weighted by atomic mass is 10.0. The van der Waals surface area contributed by atoms with Gasteiger partial charge in [0.15, 0.2) is 5.16 Å². The fourth-order valence-corrected chi connectivity index (χ4v) is 4.44. The van der Waals surface area contributed by atoms with Gasteiger partial charge in [0.25, 0.3) is 5.56 Å². The van der Waals surface area contributed by atoms with Crippen molar-refractivity contribution in [3.8, 4) is 0 Å². The molecule has 0 saturated carbocycles. The highest BCUT2D eigenvalue weighted by Crippen LogP contribution is 2.27. The molecule has 0 saturated heterocycles. The van der Waals surface area contributed by atoms with Crippen LogP contribution in [0.15, 0.2) is 61.6 Å². The summed E-state index contributed by atoms with van der Waals surface area (Å²) in [6, 6.07) is 12.9. The first-order chi connectivity index (χ1) is 14.0. The predicted octanol–water partition coefficient (Wildman–Crippen LogP) is 4.82. The molecule has 2 aromatic carbocycles. The fourth-order valence-electron chi connectivity index (χ4n) is 3.42. The normalized spacial score (nSPS) is 11.4. The molecule has 2 aromatic heterocycles. The smallest absolute Gasteiger partial charge is 0.336 e. The van der Waals surface area contributed by atoms with E-state index < -0.39 is 0 Å². The van der Waals surface area contributed by atoms with E-state index in [4.69, 9.17) is 9.40 Å². The SMILES string of the molecule is CCCn1c(SCc2cc(=O)oc3cc(C)c(C)cc23)nc2ccccc2c1=O. The van der Waals surface area contributed by atoms with E-state index in [0.717, 1.165) is 28.5 Å². The molecule has 0 spiro atoms. The highest BCUT2D eigenvalue weighted by molar-refractivity contribution is 7.98. The second-order valence-corrected chi connectivity index (χ2v) is 8.12. The van der Waals surface area contributed by atoms with Gasteiger partial charge in [0.2, 0.25) is 0 Å². The first-order valence-corrected chi connectivity index (χ1v) is 10.6. The molecular formula is C23H22N2O3S. The van der Waals surface area contributed by atoms with Crippen molar-refractivity contribution in [3.63, 3.8) is 0 Å². The second kappa shape index (κ2) is 7.87. The second-order valence-electron chi connectivity index (χ2n) is 7.18. The molecule has 5 nitrogen and oxygen atoms in total. The molecule has 0 radical (unpaired) electrons. The van der Waals surface area contributed by atoms with Crippen molar-refractivity contribution in [2.45, 2.75) is 44.6 Å². The molecule has 0 bridgehead atoms. The standard InChI is InChI=1S/C23H22N2O3S/c1-4-9-25-22(27)17-7-5-6-8-19(17)24-23(25)29-13-16-12-21(26)28-20-11-15(3)14(2)10-18(16)20/h5-8,10-12H,4,9,13H2,1-3H3. The molecule has 4 rings (SSSR count). The maximum atomic E-state index is 12.9. The van der Waals surface area contributed by atoms with Crippen molar-refractivity contribution in [1.82, 2.24) is 9.55 Å². The van der Waals surface area contributed by atoms with Crippen LogP contribution in [0.3, 0.4) is 0 Å². The van der Waals surface area contributed by atoms with Crippen molar-refractivity contribution >= 4 is 33.6 Å². The maximum absolute atomic E-state index is 12.9. The zero-order chi connectivity index (χ0) is 20.5. The van der Waals surface area contributed by atoms with E-state index in [2.05, 4.69) is 6.07 Å². The summed E-state index contributed by atoms with van der Waals surface area (Å²) in [7, 11) is 0. The third-order valence-electron chi connectivity index (χ3n) is 5.08. The van der Waals surface area contributed by atoms with Crippen LogP contribution < -0.4 is 11.2 Å². The number of hydrogen-bond acceptors (Lipinski definition) is 5. The van der Waals surface area contributed by atoms with Crippen molar-refractivity contribution in [1.29, 1.82) is 0 Å². The van der Waals surface area contributed by atoms with Gasteiger partial charge in [-0.05, 0) is 61.2 Å². The van der Waals surface area contributed by atoms with E-state index in [1.807, 2.05) is 51.1 Å². The molecule has 4 aromatic rings. The Morgan fingerprint density at radius 1 is 1.03 bits per heavy atom. The maximum Gasteiger partial charge on any atom is 0.336 e. The van der Waals surface area contributed by atoms with Gasteiger partial charge in [-0.25, -0.2) is 9.78 Å². The van der Waals surface area contributed by atoms with Gasteiger partial charge < -0.3 is 4.42 Å². The van der Waals surface area contributed by atoms with Gasteiger partial charge in [0.05, 0.1) is 10.9 Å². The van der Waals surface area contributed by atoms with Crippen LogP contribution in [-0.4, -0.2) is 9.55 Å². The highest BCUT2D eigenvalue weighted by Gasteiger charge is 2.13. The van der Waals surface area contributed by atoms with Crippen LogP contribution in [0.25, 0.3) is 21.9 Å². The Labute approximate surface area is 172 Å². The summed E-state index contributed by atoms with van der Waals surface area (Å²) in [5, 5.41) is 2.22. The largest absolute Gasteiger partial charge is 0.423 e. The Hall–Kier alpha value is -2.86. The third kappa shape index (κ3) is 3.72. The number of rotatable bonds is 5. The quantitative estimate of drug-likeness (QED) is 0.270. The van der Waals surface area contributed by atoms with Gasteiger partial charge >= 0.3 is 5.63 Å². The first kappa shape index (κ1) is 19.5. The molecule has 6 heteroatoms. The number of hydrogen-bond donors (Lipinski definition) is 0. The molecule has 0 aliphatic rings. The summed E-state index contributed by atoms with van der Waals surface area (Å²) in [6.07, 6.45) is 0.837. The van der Waals surface area contributed by atoms with E-state index >= 15 is 0 Å². The minimum atomic E-state index is -0.367. The lowest BCUT2D eigenvalue weighted by molar-refractivity contribution is 0.559. The average Bonchev–Trinajstić information content (AvgIpc) is 2.70. The summed E-state index contributed by atoms with van der Waals surface area (Å²) in [5.41, 5.74) is 4.00. The van der Waals surface area contributed by atoms with Crippen molar-refractivity contribution in [2.24, 2.45) is 0 Å². The molecule has 148 valence electrons. The van der Waals surface area contributed by atoms with Crippen molar-refractivity contribution < 1.29 is 4.42 Å². The van der Waals surface area contributed by atoms with Gasteiger partial charge in [-0.15, -0.1) is 0 Å². The van der Waals surface area contributed by atoms with E-state index in [-0.39, 0.29) is 11.2 Å². The van der Waals surface area contributed by atoms with Crippen LogP contribution in [0, 0.1) is 13.8 Å². The van der Waals surface area contributed by atoms with Crippen LogP contribution >= 0.6 is 11.8 Å². The summed E-state index contributed by atoms with van der Waals surface area (Å²) >= 11 is 1.47. The molecule has 0 aliphatic carbocycles. The number of thioether (sulfide) groups is 1. The summed E-state index contributed by atoms with van der Waals surface area (Å²) in [6.45, 7) is 6.69. The van der Waals surface area contributed by atoms with Crippen LogP contribution in [-0.2, 0) is 12.3 Å². The van der Waals surface area contributed by atoms with Gasteiger partial charge in [-0.3, -0.25) is 9.36 Å². The molecule has 0 unspecified atom stereocenters. The molecule has 0 fully saturated rings. The molecular weight excluding hydrogens is 384 g/mol. The van der Waals surface area contributed by atoms with E-state index in [1.54, 1.807) is 4.57 Å². The number of aromatic nitrogens is 2. The lowest BCUT2D eigenvalue weighted by Gasteiger charge is -2.13. The molecule has 0 atom stereocenters. The number of para-hydroxylation sites is 1. The molecule has 0 N–H and O–H groups in total. The van der Waals surface area contributed by atoms with Gasteiger partial charge in [0, 0.05) is 23.8 Å². The van der Waals surface area contributed by atoms with Gasteiger partial charge in [0.1, 0.15) is 5.58 Å². The topological polar surface area (TPSA) is 65.1 Å². The monoisotopic (exact) mass is 406 g/mol. The Bertz CT molecular complexity index is 1340. The zero-order valence-electron chi connectivity index (χ0n) is 16.7. The summed E-state index contributed by atoms with van der Waals surface area (Å²) in [4.78, 5) is 29.7. The van der Waals surface area contributed by atoms with E-state index in [1.165, 1.54) is 17.8 Å². The lowest BCUT2D eigenvalue weighted by Crippen LogP contribution is -2.23. The van der Waals surface area contributed by atoms with Crippen molar-refractivity contribution in [2.75, 3.05) is 0 Å². The first-order valence-electron chi connectivity index (χ1n) is 9.64. The van der Waals surface area contributed by atoms with E-state index in [0.29, 0.717) is 33.9 Å². The Kier molecular flexibility index (Phi) is 5.28. The van der Waals surface area contributed by atoms with Crippen molar-refractivity contribution in [3.05, 3.63) is 79.9 Å². The Morgan fingerprint density at radius 2 is 1.79 bits per heavy atom. The van der Waals surface area contributed by atoms with Crippen LogP contribution in [0.1, 0.15) is 30.0 Å². The van der Waals surface area contributed by atoms with E-state index in [9.17, 15) is 9.59 Å². The van der Waals surface area contributed by atoms with Crippen LogP contribution in [0.4, 0.5) is 0 Å². The number of benzene rings is 2. The van der Waals surface area contributed by atoms with Crippen LogP contribution in [0.5, 0.6) is 0 Å². The molecule has 0 amide bonds. The van der Waals surface area contributed by atoms with Crippen LogP contribution in [0.2, 0.25) is 0 Å². The molecule has 29 heavy (non-hydrogen) atoms. The summed E-state index contributed by atoms with van der Waals surface area (Å²) in [5.74, 6) is 0.527. The Balaban J connectivity index is 1.79. The predicted molar refractivity (Wildman–Crippen MR) is 118 cm³/mol. The molecule has 0 aliphatic heterocycles. The minimum absolute atomic E-state index is 0.0242. The number of aryl methyl sites for hydroxylation is 2. The number of fused-ring (bicyclic) bond motifs is 2. The van der Waals surface area contributed by atoms with Gasteiger partial charge in [-0.1, -0.05) is 30.8 Å². The fraction of sp³-hybridized carbons (Fsp3) is 0.261. The highest BCUT2D eigenvalue weighted by atomic mass is 32.2. The van der Waals surface area contributed by atoms with Gasteiger partial charge in [-0.2, -0.15) is 0 Å². The molecule has 2 heterocycles. The third-order valence-corrected chi connectivity index (χ3v) is 6.10. The Morgan fingerprint density at radius 3 is 2.59 bits per heavy atom. The minimum Gasteiger partial charge on any atom is -0.423 e. The number of nitrogens with zero attached hydrogens (tertiary/aromatic N) is 2. The average molecular weight is 407 g/mol. The summed E-state index contributed by atoms with van der Waals surface area (Å²) < 4.78 is 7.13.